The van der Waals surface area contributed by atoms with Gasteiger partial charge in [-0.3, -0.25) is 15.6 Å². The second-order valence-electron chi connectivity index (χ2n) is 8.94. The van der Waals surface area contributed by atoms with E-state index >= 15 is 0 Å². The summed E-state index contributed by atoms with van der Waals surface area (Å²) in [5.41, 5.74) is 4.75. The van der Waals surface area contributed by atoms with Crippen LogP contribution in [0, 0.1) is 5.92 Å². The Morgan fingerprint density at radius 3 is 2.57 bits per heavy atom. The molecule has 2 fully saturated rings. The largest absolute Gasteiger partial charge is 0.444 e. The number of sulfone groups is 1. The zero-order valence-electron chi connectivity index (χ0n) is 17.6. The highest BCUT2D eigenvalue weighted by Gasteiger charge is 2.37. The fourth-order valence-electron chi connectivity index (χ4n) is 3.49. The van der Waals surface area contributed by atoms with Gasteiger partial charge in [-0.15, -0.1) is 0 Å². The monoisotopic (exact) mass is 438 g/mol. The molecule has 2 aliphatic carbocycles. The topological polar surface area (TPSA) is 126 Å². The van der Waals surface area contributed by atoms with Gasteiger partial charge < -0.3 is 10.1 Å². The van der Waals surface area contributed by atoms with Gasteiger partial charge in [-0.2, -0.15) is 0 Å². The Balaban J connectivity index is 1.52. The molecule has 2 atom stereocenters. The maximum Gasteiger partial charge on any atom is 0.407 e. The Labute approximate surface area is 177 Å². The molecule has 30 heavy (non-hydrogen) atoms. The number of aromatic nitrogens is 1. The van der Waals surface area contributed by atoms with Crippen LogP contribution in [0.2, 0.25) is 0 Å². The van der Waals surface area contributed by atoms with Crippen molar-refractivity contribution in [2.45, 2.75) is 81.1 Å². The number of anilines is 1. The Morgan fingerprint density at radius 2 is 1.90 bits per heavy atom. The molecule has 0 bridgehead atoms. The van der Waals surface area contributed by atoms with Crippen LogP contribution < -0.4 is 16.2 Å². The van der Waals surface area contributed by atoms with E-state index in [0.717, 1.165) is 12.8 Å². The summed E-state index contributed by atoms with van der Waals surface area (Å²) in [7, 11) is -3.32. The predicted molar refractivity (Wildman–Crippen MR) is 111 cm³/mol. The Bertz CT molecular complexity index is 893. The molecule has 0 saturated heterocycles. The quantitative estimate of drug-likeness (QED) is 0.583. The van der Waals surface area contributed by atoms with E-state index in [1.807, 2.05) is 0 Å². The van der Waals surface area contributed by atoms with Crippen molar-refractivity contribution in [2.75, 3.05) is 5.43 Å². The fourth-order valence-corrected chi connectivity index (χ4v) is 5.16. The van der Waals surface area contributed by atoms with Gasteiger partial charge in [0.05, 0.1) is 10.1 Å². The first-order valence-electron chi connectivity index (χ1n) is 10.3. The first kappa shape index (κ1) is 22.3. The molecule has 2 aliphatic rings. The highest BCUT2D eigenvalue weighted by Crippen LogP contribution is 2.33. The average Bonchev–Trinajstić information content (AvgIpc) is 3.51. The number of hydrogen-bond acceptors (Lipinski definition) is 7. The number of hydrogen-bond donors (Lipinski definition) is 3. The number of pyridine rings is 1. The van der Waals surface area contributed by atoms with Crippen LogP contribution in [-0.2, 0) is 19.4 Å². The summed E-state index contributed by atoms with van der Waals surface area (Å²) in [5.74, 6) is -0.225. The molecule has 0 aromatic carbocycles. The Kier molecular flexibility index (Phi) is 6.54. The third-order valence-electron chi connectivity index (χ3n) is 5.10. The van der Waals surface area contributed by atoms with Crippen molar-refractivity contribution in [3.63, 3.8) is 0 Å². The molecule has 2 amide bonds. The second-order valence-corrected chi connectivity index (χ2v) is 11.2. The lowest BCUT2D eigenvalue weighted by atomic mass is 9.85. The third kappa shape index (κ3) is 6.07. The predicted octanol–water partition coefficient (Wildman–Crippen LogP) is 2.54. The first-order chi connectivity index (χ1) is 14.0. The van der Waals surface area contributed by atoms with Gasteiger partial charge in [0.2, 0.25) is 5.91 Å². The van der Waals surface area contributed by atoms with E-state index in [1.165, 1.54) is 18.3 Å². The second kappa shape index (κ2) is 8.79. The molecular formula is C20H30N4O5S. The van der Waals surface area contributed by atoms with Gasteiger partial charge in [-0.05, 0) is 58.9 Å². The summed E-state index contributed by atoms with van der Waals surface area (Å²) in [4.78, 5) is 28.8. The normalized spacial score (nSPS) is 22.1. The minimum atomic E-state index is -3.32. The third-order valence-corrected chi connectivity index (χ3v) is 7.36. The highest BCUT2D eigenvalue weighted by molar-refractivity contribution is 7.92. The molecule has 1 aromatic heterocycles. The van der Waals surface area contributed by atoms with Gasteiger partial charge in [-0.1, -0.05) is 6.42 Å². The number of ether oxygens (including phenoxy) is 1. The lowest BCUT2D eigenvalue weighted by Gasteiger charge is -2.30. The maximum atomic E-state index is 12.6. The van der Waals surface area contributed by atoms with Crippen molar-refractivity contribution in [2.24, 2.45) is 5.92 Å². The molecule has 2 saturated carbocycles. The van der Waals surface area contributed by atoms with Crippen molar-refractivity contribution < 1.29 is 22.7 Å². The molecule has 9 nitrogen and oxygen atoms in total. The van der Waals surface area contributed by atoms with Crippen LogP contribution in [0.3, 0.4) is 0 Å². The number of carbonyl (C=O) groups excluding carboxylic acids is 2. The molecule has 3 N–H and O–H groups in total. The standard InChI is InChI=1S/C20H30N4O5S/c1-20(2,3)29-19(26)22-14-6-4-5-13(11-14)18(25)24-23-17-12-16(9-10-21-17)30(27,28)15-7-8-15/h9-10,12-15H,4-8,11H2,1-3H3,(H,21,23)(H,22,26)(H,24,25)/t13-,14+/m0/s1. The van der Waals surface area contributed by atoms with Crippen molar-refractivity contribution in [1.29, 1.82) is 0 Å². The van der Waals surface area contributed by atoms with Crippen molar-refractivity contribution in [1.82, 2.24) is 15.7 Å². The molecule has 0 radical (unpaired) electrons. The molecule has 1 heterocycles. The Hall–Kier alpha value is -2.36. The number of amides is 2. The van der Waals surface area contributed by atoms with Crippen LogP contribution in [0.15, 0.2) is 23.2 Å². The average molecular weight is 439 g/mol. The van der Waals surface area contributed by atoms with Gasteiger partial charge in [0, 0.05) is 24.2 Å². The van der Waals surface area contributed by atoms with Crippen LogP contribution in [0.5, 0.6) is 0 Å². The van der Waals surface area contributed by atoms with E-state index in [0.29, 0.717) is 25.7 Å². The van der Waals surface area contributed by atoms with Crippen LogP contribution >= 0.6 is 0 Å². The zero-order valence-corrected chi connectivity index (χ0v) is 18.4. The first-order valence-corrected chi connectivity index (χ1v) is 11.8. The molecule has 0 aliphatic heterocycles. The number of nitrogens with zero attached hydrogens (tertiary/aromatic N) is 1. The lowest BCUT2D eigenvalue weighted by molar-refractivity contribution is -0.125. The number of carbonyl (C=O) groups is 2. The number of hydrazine groups is 1. The van der Waals surface area contributed by atoms with Crippen molar-refractivity contribution in [3.05, 3.63) is 18.3 Å². The number of nitrogens with one attached hydrogen (secondary N) is 3. The summed E-state index contributed by atoms with van der Waals surface area (Å²) in [5, 5.41) is 2.53. The van der Waals surface area contributed by atoms with Gasteiger partial charge in [0.25, 0.3) is 0 Å². The van der Waals surface area contributed by atoms with E-state index in [-0.39, 0.29) is 33.8 Å². The van der Waals surface area contributed by atoms with E-state index in [1.54, 1.807) is 20.8 Å². The Morgan fingerprint density at radius 1 is 1.17 bits per heavy atom. The molecule has 1 aromatic rings. The van der Waals surface area contributed by atoms with Crippen LogP contribution in [0.4, 0.5) is 10.6 Å². The van der Waals surface area contributed by atoms with E-state index in [9.17, 15) is 18.0 Å². The van der Waals surface area contributed by atoms with E-state index in [2.05, 4.69) is 21.2 Å². The molecule has 10 heteroatoms. The van der Waals surface area contributed by atoms with Gasteiger partial charge >= 0.3 is 6.09 Å². The van der Waals surface area contributed by atoms with Gasteiger partial charge in [-0.25, -0.2) is 18.2 Å². The summed E-state index contributed by atoms with van der Waals surface area (Å²) in [6.45, 7) is 5.40. The van der Waals surface area contributed by atoms with Gasteiger partial charge in [0.15, 0.2) is 9.84 Å². The minimum absolute atomic E-state index is 0.130. The van der Waals surface area contributed by atoms with E-state index in [4.69, 9.17) is 4.74 Å². The summed E-state index contributed by atoms with van der Waals surface area (Å²) in [6.07, 6.45) is 5.12. The van der Waals surface area contributed by atoms with Gasteiger partial charge in [0.1, 0.15) is 11.4 Å². The fraction of sp³-hybridized carbons (Fsp3) is 0.650. The summed E-state index contributed by atoms with van der Waals surface area (Å²) in [6, 6.07) is 2.77. The molecular weight excluding hydrogens is 408 g/mol. The molecule has 166 valence electrons. The van der Waals surface area contributed by atoms with Crippen molar-refractivity contribution >= 4 is 27.7 Å². The van der Waals surface area contributed by atoms with Crippen molar-refractivity contribution in [3.8, 4) is 0 Å². The lowest BCUT2D eigenvalue weighted by Crippen LogP contribution is -2.45. The van der Waals surface area contributed by atoms with Crippen LogP contribution in [0.1, 0.15) is 59.3 Å². The summed E-state index contributed by atoms with van der Waals surface area (Å²) < 4.78 is 30.0. The van der Waals surface area contributed by atoms with Crippen LogP contribution in [0.25, 0.3) is 0 Å². The SMILES string of the molecule is CC(C)(C)OC(=O)N[C@@H]1CCC[C@H](C(=O)NNc2cc(S(=O)(=O)C3CC3)ccn2)C1. The molecule has 3 rings (SSSR count). The van der Waals surface area contributed by atoms with E-state index < -0.39 is 21.5 Å². The zero-order chi connectivity index (χ0) is 21.9. The van der Waals surface area contributed by atoms with Crippen LogP contribution in [-0.4, -0.2) is 42.3 Å². The number of rotatable bonds is 6. The highest BCUT2D eigenvalue weighted by atomic mass is 32.2. The molecule has 0 unspecified atom stereocenters. The smallest absolute Gasteiger partial charge is 0.407 e. The summed E-state index contributed by atoms with van der Waals surface area (Å²) >= 11 is 0. The number of alkyl carbamates (subject to hydrolysis) is 1. The molecule has 0 spiro atoms. The minimum Gasteiger partial charge on any atom is -0.444 e. The maximum absolute atomic E-state index is 12.6.